The van der Waals surface area contributed by atoms with Crippen molar-refractivity contribution in [2.75, 3.05) is 0 Å². The second-order valence-electron chi connectivity index (χ2n) is 4.24. The summed E-state index contributed by atoms with van der Waals surface area (Å²) < 4.78 is 1.73. The minimum absolute atomic E-state index is 0.0104. The normalized spacial score (nSPS) is 12.6. The average molecular weight is 281 g/mol. The van der Waals surface area contributed by atoms with Gasteiger partial charge in [-0.05, 0) is 13.3 Å². The Labute approximate surface area is 114 Å². The molecule has 2 aromatic heterocycles. The number of aromatic nitrogens is 2. The van der Waals surface area contributed by atoms with E-state index >= 15 is 0 Å². The maximum atomic E-state index is 11.1. The zero-order chi connectivity index (χ0) is 14.0. The van der Waals surface area contributed by atoms with E-state index in [0.717, 1.165) is 18.7 Å². The maximum absolute atomic E-state index is 11.1. The molecule has 1 N–H and O–H groups in total. The van der Waals surface area contributed by atoms with Crippen molar-refractivity contribution in [2.24, 2.45) is 0 Å². The van der Waals surface area contributed by atoms with Crippen molar-refractivity contribution in [3.63, 3.8) is 0 Å². The molecule has 19 heavy (non-hydrogen) atoms. The van der Waals surface area contributed by atoms with Crippen LogP contribution in [-0.4, -0.2) is 19.6 Å². The fourth-order valence-corrected chi connectivity index (χ4v) is 2.89. The van der Waals surface area contributed by atoms with Gasteiger partial charge in [0, 0.05) is 29.8 Å². The third-order valence-electron chi connectivity index (χ3n) is 2.73. The van der Waals surface area contributed by atoms with Crippen LogP contribution in [0.3, 0.4) is 0 Å². The Morgan fingerprint density at radius 2 is 2.37 bits per heavy atom. The lowest BCUT2D eigenvalue weighted by atomic mass is 10.3. The highest BCUT2D eigenvalue weighted by molar-refractivity contribution is 7.15. The predicted molar refractivity (Wildman–Crippen MR) is 72.7 cm³/mol. The van der Waals surface area contributed by atoms with Crippen LogP contribution in [0.25, 0.3) is 5.00 Å². The van der Waals surface area contributed by atoms with Gasteiger partial charge in [0.05, 0.1) is 11.0 Å². The molecule has 0 aliphatic carbocycles. The predicted octanol–water partition coefficient (Wildman–Crippen LogP) is 2.85. The lowest BCUT2D eigenvalue weighted by Crippen LogP contribution is -2.00. The zero-order valence-electron chi connectivity index (χ0n) is 10.7. The van der Waals surface area contributed by atoms with E-state index in [4.69, 9.17) is 0 Å². The van der Waals surface area contributed by atoms with E-state index in [1.54, 1.807) is 23.9 Å². The number of imidazole rings is 1. The van der Waals surface area contributed by atoms with E-state index in [1.165, 1.54) is 17.4 Å². The summed E-state index contributed by atoms with van der Waals surface area (Å²) in [5, 5.41) is 21.2. The van der Waals surface area contributed by atoms with Crippen LogP contribution in [0.15, 0.2) is 18.5 Å². The SMILES string of the molecule is CCCc1nccn1-c1sc(C(C)O)cc1[N+](=O)[O-]. The number of nitro groups is 1. The van der Waals surface area contributed by atoms with Crippen LogP contribution in [-0.2, 0) is 6.42 Å². The van der Waals surface area contributed by atoms with Gasteiger partial charge in [0.1, 0.15) is 5.82 Å². The third kappa shape index (κ3) is 2.66. The van der Waals surface area contributed by atoms with Gasteiger partial charge in [-0.15, -0.1) is 11.3 Å². The van der Waals surface area contributed by atoms with Gasteiger partial charge in [0.25, 0.3) is 0 Å². The first-order chi connectivity index (χ1) is 9.04. The topological polar surface area (TPSA) is 81.2 Å². The van der Waals surface area contributed by atoms with Gasteiger partial charge in [-0.2, -0.15) is 0 Å². The standard InChI is InChI=1S/C12H15N3O3S/c1-3-4-11-13-5-6-14(11)12-9(15(17)18)7-10(19-12)8(2)16/h5-8,16H,3-4H2,1-2H3. The summed E-state index contributed by atoms with van der Waals surface area (Å²) in [4.78, 5) is 15.5. The molecule has 1 unspecified atom stereocenters. The molecule has 0 aliphatic rings. The van der Waals surface area contributed by atoms with Crippen molar-refractivity contribution in [1.82, 2.24) is 9.55 Å². The largest absolute Gasteiger partial charge is 0.388 e. The second-order valence-corrected chi connectivity index (χ2v) is 5.30. The van der Waals surface area contributed by atoms with E-state index in [-0.39, 0.29) is 5.69 Å². The quantitative estimate of drug-likeness (QED) is 0.675. The number of hydrogen-bond acceptors (Lipinski definition) is 5. The van der Waals surface area contributed by atoms with Crippen molar-refractivity contribution in [1.29, 1.82) is 0 Å². The van der Waals surface area contributed by atoms with Crippen LogP contribution in [0.1, 0.15) is 37.1 Å². The van der Waals surface area contributed by atoms with Gasteiger partial charge in [0.15, 0.2) is 5.00 Å². The van der Waals surface area contributed by atoms with Crippen LogP contribution in [0.4, 0.5) is 5.69 Å². The van der Waals surface area contributed by atoms with Crippen LogP contribution in [0.2, 0.25) is 0 Å². The molecule has 2 heterocycles. The molecule has 0 spiro atoms. The Bertz CT molecular complexity index is 589. The van der Waals surface area contributed by atoms with E-state index < -0.39 is 11.0 Å². The summed E-state index contributed by atoms with van der Waals surface area (Å²) in [7, 11) is 0. The molecule has 2 rings (SSSR count). The molecule has 0 saturated carbocycles. The minimum Gasteiger partial charge on any atom is -0.388 e. The first-order valence-corrected chi connectivity index (χ1v) is 6.85. The molecule has 0 amide bonds. The number of aliphatic hydroxyl groups is 1. The third-order valence-corrected chi connectivity index (χ3v) is 4.02. The number of rotatable bonds is 5. The van der Waals surface area contributed by atoms with Gasteiger partial charge in [-0.25, -0.2) is 4.98 Å². The monoisotopic (exact) mass is 281 g/mol. The van der Waals surface area contributed by atoms with Crippen LogP contribution in [0, 0.1) is 10.1 Å². The first-order valence-electron chi connectivity index (χ1n) is 6.03. The van der Waals surface area contributed by atoms with Gasteiger partial charge in [-0.3, -0.25) is 14.7 Å². The molecule has 6 nitrogen and oxygen atoms in total. The molecular weight excluding hydrogens is 266 g/mol. The van der Waals surface area contributed by atoms with Crippen molar-refractivity contribution in [3.05, 3.63) is 39.3 Å². The van der Waals surface area contributed by atoms with Crippen LogP contribution in [0.5, 0.6) is 0 Å². The Balaban J connectivity index is 2.53. The Morgan fingerprint density at radius 3 is 2.95 bits per heavy atom. The smallest absolute Gasteiger partial charge is 0.304 e. The molecule has 2 aromatic rings. The summed E-state index contributed by atoms with van der Waals surface area (Å²) >= 11 is 1.22. The number of hydrogen-bond donors (Lipinski definition) is 1. The van der Waals surface area contributed by atoms with Crippen molar-refractivity contribution < 1.29 is 10.0 Å². The molecule has 0 saturated heterocycles. The highest BCUT2D eigenvalue weighted by atomic mass is 32.1. The molecule has 0 aromatic carbocycles. The number of thiophene rings is 1. The fraction of sp³-hybridized carbons (Fsp3) is 0.417. The number of nitrogens with zero attached hydrogens (tertiary/aromatic N) is 3. The van der Waals surface area contributed by atoms with Gasteiger partial charge >= 0.3 is 5.69 Å². The van der Waals surface area contributed by atoms with Crippen molar-refractivity contribution in [2.45, 2.75) is 32.8 Å². The van der Waals surface area contributed by atoms with Gasteiger partial charge < -0.3 is 5.11 Å². The number of aliphatic hydroxyl groups excluding tert-OH is 1. The lowest BCUT2D eigenvalue weighted by molar-refractivity contribution is -0.384. The first kappa shape index (κ1) is 13.7. The molecule has 0 aliphatic heterocycles. The highest BCUT2D eigenvalue weighted by Gasteiger charge is 2.23. The van der Waals surface area contributed by atoms with Crippen molar-refractivity contribution in [3.8, 4) is 5.00 Å². The lowest BCUT2D eigenvalue weighted by Gasteiger charge is -2.03. The van der Waals surface area contributed by atoms with E-state index in [9.17, 15) is 15.2 Å². The van der Waals surface area contributed by atoms with E-state index in [1.807, 2.05) is 6.92 Å². The summed E-state index contributed by atoms with van der Waals surface area (Å²) in [6.07, 6.45) is 4.31. The second kappa shape index (κ2) is 5.50. The Kier molecular flexibility index (Phi) is 3.96. The average Bonchev–Trinajstić information content (AvgIpc) is 2.94. The molecule has 0 fully saturated rings. The van der Waals surface area contributed by atoms with Gasteiger partial charge in [0.2, 0.25) is 0 Å². The Hall–Kier alpha value is -1.73. The summed E-state index contributed by atoms with van der Waals surface area (Å²) in [5.41, 5.74) is 0.0104. The molecular formula is C12H15N3O3S. The number of aryl methyl sites for hydroxylation is 1. The molecule has 0 radical (unpaired) electrons. The minimum atomic E-state index is -0.712. The highest BCUT2D eigenvalue weighted by Crippen LogP contribution is 2.36. The van der Waals surface area contributed by atoms with E-state index in [2.05, 4.69) is 4.98 Å². The van der Waals surface area contributed by atoms with Crippen LogP contribution >= 0.6 is 11.3 Å². The summed E-state index contributed by atoms with van der Waals surface area (Å²) in [6.45, 7) is 3.63. The summed E-state index contributed by atoms with van der Waals surface area (Å²) in [5.74, 6) is 0.796. The zero-order valence-corrected chi connectivity index (χ0v) is 11.6. The molecule has 0 bridgehead atoms. The van der Waals surface area contributed by atoms with E-state index in [0.29, 0.717) is 9.88 Å². The fourth-order valence-electron chi connectivity index (χ4n) is 1.83. The summed E-state index contributed by atoms with van der Waals surface area (Å²) in [6, 6.07) is 1.43. The van der Waals surface area contributed by atoms with Gasteiger partial charge in [-0.1, -0.05) is 6.92 Å². The van der Waals surface area contributed by atoms with Crippen molar-refractivity contribution >= 4 is 17.0 Å². The molecule has 102 valence electrons. The maximum Gasteiger partial charge on any atom is 0.304 e. The molecule has 1 atom stereocenters. The Morgan fingerprint density at radius 1 is 1.63 bits per heavy atom. The van der Waals surface area contributed by atoms with Crippen LogP contribution < -0.4 is 0 Å². The molecule has 7 heteroatoms.